The highest BCUT2D eigenvalue weighted by Crippen LogP contribution is 2.25. The average Bonchev–Trinajstić information content (AvgIpc) is 2.16. The zero-order chi connectivity index (χ0) is 9.26. The van der Waals surface area contributed by atoms with E-state index in [1.807, 2.05) is 13.1 Å². The largest absolute Gasteiger partial charge is 0.307 e. The first kappa shape index (κ1) is 8.97. The van der Waals surface area contributed by atoms with Crippen molar-refractivity contribution in [3.63, 3.8) is 0 Å². The molecule has 1 aromatic rings. The maximum absolute atomic E-state index is 4.45. The molecule has 0 spiro atoms. The van der Waals surface area contributed by atoms with Gasteiger partial charge in [0.1, 0.15) is 4.60 Å². The summed E-state index contributed by atoms with van der Waals surface area (Å²) in [6, 6.07) is 4.08. The van der Waals surface area contributed by atoms with Gasteiger partial charge in [-0.25, -0.2) is 10.4 Å². The Bertz CT molecular complexity index is 314. The highest BCUT2D eigenvalue weighted by atomic mass is 79.9. The standard InChI is InChI=1S/C9H12BrN3/c1-11-13-6-2-3-7-8(13)4-5-9(10)12-7/h4-5,11H,2-3,6H2,1H3. The van der Waals surface area contributed by atoms with Crippen LogP contribution < -0.4 is 10.4 Å². The van der Waals surface area contributed by atoms with Crippen molar-refractivity contribution in [2.24, 2.45) is 0 Å². The number of pyridine rings is 1. The number of aryl methyl sites for hydroxylation is 1. The lowest BCUT2D eigenvalue weighted by Gasteiger charge is -2.29. The van der Waals surface area contributed by atoms with Gasteiger partial charge in [0.25, 0.3) is 0 Å². The fraction of sp³-hybridized carbons (Fsp3) is 0.444. The molecule has 0 radical (unpaired) electrons. The van der Waals surface area contributed by atoms with Crippen LogP contribution in [0.4, 0.5) is 5.69 Å². The number of fused-ring (bicyclic) bond motifs is 1. The van der Waals surface area contributed by atoms with Crippen molar-refractivity contribution in [1.82, 2.24) is 10.4 Å². The molecule has 1 aliphatic heterocycles. The van der Waals surface area contributed by atoms with Gasteiger partial charge in [0, 0.05) is 13.6 Å². The number of anilines is 1. The van der Waals surface area contributed by atoms with Crippen LogP contribution in [0, 0.1) is 0 Å². The molecule has 0 saturated carbocycles. The van der Waals surface area contributed by atoms with E-state index in [9.17, 15) is 0 Å². The lowest BCUT2D eigenvalue weighted by molar-refractivity contribution is 0.623. The van der Waals surface area contributed by atoms with Crippen molar-refractivity contribution >= 4 is 21.6 Å². The van der Waals surface area contributed by atoms with Crippen LogP contribution in [0.25, 0.3) is 0 Å². The summed E-state index contributed by atoms with van der Waals surface area (Å²) < 4.78 is 0.921. The Labute approximate surface area is 86.3 Å². The Hall–Kier alpha value is -0.610. The van der Waals surface area contributed by atoms with E-state index >= 15 is 0 Å². The molecule has 0 bridgehead atoms. The van der Waals surface area contributed by atoms with Gasteiger partial charge in [-0.2, -0.15) is 0 Å². The van der Waals surface area contributed by atoms with E-state index in [2.05, 4.69) is 37.4 Å². The lowest BCUT2D eigenvalue weighted by atomic mass is 10.1. The number of rotatable bonds is 1. The first-order chi connectivity index (χ1) is 6.31. The van der Waals surface area contributed by atoms with Crippen LogP contribution in [0.2, 0.25) is 0 Å². The maximum Gasteiger partial charge on any atom is 0.106 e. The molecule has 0 aliphatic carbocycles. The van der Waals surface area contributed by atoms with Crippen molar-refractivity contribution in [1.29, 1.82) is 0 Å². The van der Waals surface area contributed by atoms with Crippen molar-refractivity contribution < 1.29 is 0 Å². The van der Waals surface area contributed by atoms with E-state index in [0.29, 0.717) is 0 Å². The molecule has 3 nitrogen and oxygen atoms in total. The minimum Gasteiger partial charge on any atom is -0.307 e. The number of hydrazine groups is 1. The van der Waals surface area contributed by atoms with E-state index in [-0.39, 0.29) is 0 Å². The van der Waals surface area contributed by atoms with Gasteiger partial charge < -0.3 is 5.01 Å². The Morgan fingerprint density at radius 2 is 2.38 bits per heavy atom. The fourth-order valence-corrected chi connectivity index (χ4v) is 2.00. The van der Waals surface area contributed by atoms with Gasteiger partial charge in [-0.15, -0.1) is 0 Å². The molecule has 0 aromatic carbocycles. The molecule has 0 unspecified atom stereocenters. The monoisotopic (exact) mass is 241 g/mol. The SMILES string of the molecule is CNN1CCCc2nc(Br)ccc21. The molecule has 0 fully saturated rings. The summed E-state index contributed by atoms with van der Waals surface area (Å²) >= 11 is 3.38. The van der Waals surface area contributed by atoms with Crippen LogP contribution in [-0.2, 0) is 6.42 Å². The van der Waals surface area contributed by atoms with Gasteiger partial charge in [0.2, 0.25) is 0 Å². The number of aromatic nitrogens is 1. The Morgan fingerprint density at radius 3 is 3.15 bits per heavy atom. The molecular weight excluding hydrogens is 230 g/mol. The van der Waals surface area contributed by atoms with Gasteiger partial charge in [0.15, 0.2) is 0 Å². The maximum atomic E-state index is 4.45. The first-order valence-electron chi connectivity index (χ1n) is 4.41. The molecule has 13 heavy (non-hydrogen) atoms. The molecule has 0 amide bonds. The zero-order valence-electron chi connectivity index (χ0n) is 7.55. The average molecular weight is 242 g/mol. The van der Waals surface area contributed by atoms with Gasteiger partial charge in [-0.05, 0) is 40.9 Å². The molecular formula is C9H12BrN3. The summed E-state index contributed by atoms with van der Waals surface area (Å²) in [5.74, 6) is 0. The number of nitrogens with zero attached hydrogens (tertiary/aromatic N) is 2. The lowest BCUT2D eigenvalue weighted by Crippen LogP contribution is -2.39. The minimum absolute atomic E-state index is 0.921. The van der Waals surface area contributed by atoms with Gasteiger partial charge in [-0.3, -0.25) is 0 Å². The predicted molar refractivity (Wildman–Crippen MR) is 56.7 cm³/mol. The Morgan fingerprint density at radius 1 is 1.54 bits per heavy atom. The van der Waals surface area contributed by atoms with Gasteiger partial charge in [0.05, 0.1) is 11.4 Å². The number of nitrogens with one attached hydrogen (secondary N) is 1. The third-order valence-corrected chi connectivity index (χ3v) is 2.71. The zero-order valence-corrected chi connectivity index (χ0v) is 9.13. The third kappa shape index (κ3) is 1.69. The molecule has 0 atom stereocenters. The number of hydrogen-bond acceptors (Lipinski definition) is 3. The molecule has 1 aliphatic rings. The highest BCUT2D eigenvalue weighted by molar-refractivity contribution is 9.10. The first-order valence-corrected chi connectivity index (χ1v) is 5.21. The molecule has 4 heteroatoms. The quantitative estimate of drug-likeness (QED) is 0.760. The van der Waals surface area contributed by atoms with E-state index in [4.69, 9.17) is 0 Å². The van der Waals surface area contributed by atoms with Crippen molar-refractivity contribution in [3.05, 3.63) is 22.4 Å². The molecule has 70 valence electrons. The third-order valence-electron chi connectivity index (χ3n) is 2.27. The number of hydrogen-bond donors (Lipinski definition) is 1. The summed E-state index contributed by atoms with van der Waals surface area (Å²) in [7, 11) is 1.94. The van der Waals surface area contributed by atoms with Crippen molar-refractivity contribution in [2.45, 2.75) is 12.8 Å². The summed E-state index contributed by atoms with van der Waals surface area (Å²) in [5.41, 5.74) is 5.54. The molecule has 2 rings (SSSR count). The van der Waals surface area contributed by atoms with Crippen LogP contribution in [0.3, 0.4) is 0 Å². The summed E-state index contributed by atoms with van der Waals surface area (Å²) in [5, 5.41) is 2.14. The summed E-state index contributed by atoms with van der Waals surface area (Å²) in [6.07, 6.45) is 2.24. The Balaban J connectivity index is 2.40. The second-order valence-corrected chi connectivity index (χ2v) is 3.89. The topological polar surface area (TPSA) is 28.2 Å². The van der Waals surface area contributed by atoms with Crippen LogP contribution >= 0.6 is 15.9 Å². The second kappa shape index (κ2) is 3.64. The van der Waals surface area contributed by atoms with Crippen LogP contribution in [-0.4, -0.2) is 18.6 Å². The molecule has 2 heterocycles. The Kier molecular flexibility index (Phi) is 2.51. The van der Waals surface area contributed by atoms with Crippen LogP contribution in [0.15, 0.2) is 16.7 Å². The number of halogens is 1. The smallest absolute Gasteiger partial charge is 0.106 e. The van der Waals surface area contributed by atoms with Crippen LogP contribution in [0.1, 0.15) is 12.1 Å². The fourth-order valence-electron chi connectivity index (χ4n) is 1.65. The van der Waals surface area contributed by atoms with E-state index in [1.165, 1.54) is 11.4 Å². The van der Waals surface area contributed by atoms with E-state index in [0.717, 1.165) is 24.0 Å². The predicted octanol–water partition coefficient (Wildman–Crippen LogP) is 1.73. The molecule has 1 N–H and O–H groups in total. The molecule has 1 aromatic heterocycles. The molecule has 0 saturated heterocycles. The van der Waals surface area contributed by atoms with E-state index < -0.39 is 0 Å². The van der Waals surface area contributed by atoms with Crippen molar-refractivity contribution in [3.8, 4) is 0 Å². The van der Waals surface area contributed by atoms with Gasteiger partial charge in [-0.1, -0.05) is 0 Å². The highest BCUT2D eigenvalue weighted by Gasteiger charge is 2.16. The minimum atomic E-state index is 0.921. The van der Waals surface area contributed by atoms with Crippen LogP contribution in [0.5, 0.6) is 0 Å². The normalized spacial score (nSPS) is 15.7. The van der Waals surface area contributed by atoms with Crippen molar-refractivity contribution in [2.75, 3.05) is 18.6 Å². The summed E-state index contributed by atoms with van der Waals surface area (Å²) in [6.45, 7) is 1.06. The van der Waals surface area contributed by atoms with E-state index in [1.54, 1.807) is 0 Å². The summed E-state index contributed by atoms with van der Waals surface area (Å²) in [4.78, 5) is 4.45. The van der Waals surface area contributed by atoms with Gasteiger partial charge >= 0.3 is 0 Å². The second-order valence-electron chi connectivity index (χ2n) is 3.08.